The van der Waals surface area contributed by atoms with Crippen LogP contribution in [0.4, 0.5) is 0 Å². The fourth-order valence-electron chi connectivity index (χ4n) is 1.29. The van der Waals surface area contributed by atoms with Gasteiger partial charge in [-0.15, -0.1) is 0 Å². The standard InChI is InChI=1S/C9H9IN2/c1-2-12-6-11-8-5-7(10)3-4-9(8)12/h3-6H,2H2,1H3. The topological polar surface area (TPSA) is 17.8 Å². The Bertz CT molecular complexity index is 406. The zero-order valence-electron chi connectivity index (χ0n) is 6.79. The summed E-state index contributed by atoms with van der Waals surface area (Å²) >= 11 is 2.30. The first-order chi connectivity index (χ1) is 5.81. The number of nitrogens with zero attached hydrogens (tertiary/aromatic N) is 2. The monoisotopic (exact) mass is 272 g/mol. The Kier molecular flexibility index (Phi) is 2.04. The van der Waals surface area contributed by atoms with Crippen LogP contribution in [-0.4, -0.2) is 9.55 Å². The van der Waals surface area contributed by atoms with E-state index >= 15 is 0 Å². The lowest BCUT2D eigenvalue weighted by atomic mass is 10.3. The predicted molar refractivity (Wildman–Crippen MR) is 58.1 cm³/mol. The second kappa shape index (κ2) is 3.05. The zero-order chi connectivity index (χ0) is 8.55. The van der Waals surface area contributed by atoms with Crippen molar-refractivity contribution in [2.24, 2.45) is 0 Å². The van der Waals surface area contributed by atoms with Gasteiger partial charge < -0.3 is 4.57 Å². The molecule has 0 bridgehead atoms. The van der Waals surface area contributed by atoms with E-state index in [4.69, 9.17) is 0 Å². The van der Waals surface area contributed by atoms with Crippen molar-refractivity contribution in [2.75, 3.05) is 0 Å². The molecule has 2 nitrogen and oxygen atoms in total. The molecule has 62 valence electrons. The zero-order valence-corrected chi connectivity index (χ0v) is 8.95. The third kappa shape index (κ3) is 1.22. The lowest BCUT2D eigenvalue weighted by Gasteiger charge is -1.97. The van der Waals surface area contributed by atoms with Crippen molar-refractivity contribution < 1.29 is 0 Å². The van der Waals surface area contributed by atoms with Crippen LogP contribution < -0.4 is 0 Å². The molecule has 0 aliphatic heterocycles. The Morgan fingerprint density at radius 2 is 2.33 bits per heavy atom. The van der Waals surface area contributed by atoms with Gasteiger partial charge in [-0.1, -0.05) is 0 Å². The number of hydrogen-bond donors (Lipinski definition) is 0. The molecule has 3 heteroatoms. The molecule has 1 aromatic heterocycles. The van der Waals surface area contributed by atoms with Gasteiger partial charge in [0.1, 0.15) is 0 Å². The van der Waals surface area contributed by atoms with E-state index in [-0.39, 0.29) is 0 Å². The Hall–Kier alpha value is -0.580. The Balaban J connectivity index is 2.73. The number of rotatable bonds is 1. The Morgan fingerprint density at radius 1 is 1.50 bits per heavy atom. The van der Waals surface area contributed by atoms with E-state index in [0.29, 0.717) is 0 Å². The van der Waals surface area contributed by atoms with Crippen molar-refractivity contribution in [3.63, 3.8) is 0 Å². The van der Waals surface area contributed by atoms with E-state index in [0.717, 1.165) is 12.1 Å². The van der Waals surface area contributed by atoms with Crippen LogP contribution in [0.3, 0.4) is 0 Å². The SMILES string of the molecule is CCn1cnc2cc(I)ccc21. The Morgan fingerprint density at radius 3 is 3.08 bits per heavy atom. The van der Waals surface area contributed by atoms with Crippen molar-refractivity contribution in [1.82, 2.24) is 9.55 Å². The van der Waals surface area contributed by atoms with Gasteiger partial charge in [0.15, 0.2) is 0 Å². The number of hydrogen-bond acceptors (Lipinski definition) is 1. The van der Waals surface area contributed by atoms with Gasteiger partial charge in [-0.05, 0) is 47.7 Å². The smallest absolute Gasteiger partial charge is 0.0958 e. The minimum absolute atomic E-state index is 0.983. The number of imidazole rings is 1. The summed E-state index contributed by atoms with van der Waals surface area (Å²) in [5.74, 6) is 0. The summed E-state index contributed by atoms with van der Waals surface area (Å²) in [4.78, 5) is 4.31. The summed E-state index contributed by atoms with van der Waals surface area (Å²) in [6.07, 6.45) is 1.89. The molecule has 2 rings (SSSR count). The summed E-state index contributed by atoms with van der Waals surface area (Å²) in [7, 11) is 0. The van der Waals surface area contributed by atoms with Crippen LogP contribution in [0.5, 0.6) is 0 Å². The van der Waals surface area contributed by atoms with Crippen molar-refractivity contribution in [2.45, 2.75) is 13.5 Å². The molecule has 0 N–H and O–H groups in total. The molecule has 0 saturated heterocycles. The average molecular weight is 272 g/mol. The van der Waals surface area contributed by atoms with Crippen molar-refractivity contribution in [3.8, 4) is 0 Å². The number of halogens is 1. The highest BCUT2D eigenvalue weighted by molar-refractivity contribution is 14.1. The molecule has 12 heavy (non-hydrogen) atoms. The van der Waals surface area contributed by atoms with Crippen molar-refractivity contribution in [1.29, 1.82) is 0 Å². The third-order valence-corrected chi connectivity index (χ3v) is 2.59. The number of benzene rings is 1. The quantitative estimate of drug-likeness (QED) is 0.730. The minimum atomic E-state index is 0.983. The van der Waals surface area contributed by atoms with Crippen LogP contribution in [0.1, 0.15) is 6.92 Å². The molecule has 1 heterocycles. The van der Waals surface area contributed by atoms with Crippen LogP contribution in [0.15, 0.2) is 24.5 Å². The summed E-state index contributed by atoms with van der Waals surface area (Å²) in [5, 5.41) is 0. The highest BCUT2D eigenvalue weighted by Gasteiger charge is 1.99. The van der Waals surface area contributed by atoms with Gasteiger partial charge in [0.05, 0.1) is 17.4 Å². The maximum Gasteiger partial charge on any atom is 0.0958 e. The minimum Gasteiger partial charge on any atom is -0.331 e. The van der Waals surface area contributed by atoms with Gasteiger partial charge >= 0.3 is 0 Å². The van der Waals surface area contributed by atoms with Gasteiger partial charge in [0.2, 0.25) is 0 Å². The highest BCUT2D eigenvalue weighted by atomic mass is 127. The molecule has 0 spiro atoms. The van der Waals surface area contributed by atoms with Gasteiger partial charge in [0, 0.05) is 10.1 Å². The molecule has 1 aromatic carbocycles. The fraction of sp³-hybridized carbons (Fsp3) is 0.222. The molecule has 0 radical (unpaired) electrons. The average Bonchev–Trinajstić information content (AvgIpc) is 2.46. The predicted octanol–water partition coefficient (Wildman–Crippen LogP) is 2.66. The van der Waals surface area contributed by atoms with Crippen molar-refractivity contribution >= 4 is 33.6 Å². The largest absolute Gasteiger partial charge is 0.331 e. The lowest BCUT2D eigenvalue weighted by molar-refractivity contribution is 0.787. The van der Waals surface area contributed by atoms with Crippen LogP contribution in [-0.2, 0) is 6.54 Å². The molecule has 0 aliphatic carbocycles. The molecule has 0 aliphatic rings. The third-order valence-electron chi connectivity index (χ3n) is 1.92. The Labute approximate surface area is 84.7 Å². The lowest BCUT2D eigenvalue weighted by Crippen LogP contribution is -1.89. The van der Waals surface area contributed by atoms with Crippen LogP contribution in [0.25, 0.3) is 11.0 Å². The maximum absolute atomic E-state index is 4.31. The molecule has 0 amide bonds. The first kappa shape index (κ1) is 8.04. The molecule has 0 atom stereocenters. The number of fused-ring (bicyclic) bond motifs is 1. The van der Waals surface area contributed by atoms with Gasteiger partial charge in [-0.3, -0.25) is 0 Å². The number of aryl methyl sites for hydroxylation is 1. The normalized spacial score (nSPS) is 10.8. The first-order valence-electron chi connectivity index (χ1n) is 3.91. The van der Waals surface area contributed by atoms with Gasteiger partial charge in [-0.2, -0.15) is 0 Å². The molecule has 2 aromatic rings. The van der Waals surface area contributed by atoms with Crippen molar-refractivity contribution in [3.05, 3.63) is 28.1 Å². The van der Waals surface area contributed by atoms with E-state index < -0.39 is 0 Å². The summed E-state index contributed by atoms with van der Waals surface area (Å²) in [6, 6.07) is 6.33. The second-order valence-electron chi connectivity index (χ2n) is 2.66. The number of aromatic nitrogens is 2. The van der Waals surface area contributed by atoms with Gasteiger partial charge in [0.25, 0.3) is 0 Å². The maximum atomic E-state index is 4.31. The summed E-state index contributed by atoms with van der Waals surface area (Å²) < 4.78 is 3.38. The van der Waals surface area contributed by atoms with Crippen LogP contribution in [0.2, 0.25) is 0 Å². The molecule has 0 fully saturated rings. The van der Waals surface area contributed by atoms with Crippen LogP contribution in [0, 0.1) is 3.57 Å². The highest BCUT2D eigenvalue weighted by Crippen LogP contribution is 2.15. The van der Waals surface area contributed by atoms with E-state index in [1.807, 2.05) is 6.33 Å². The molecule has 0 saturated carbocycles. The summed E-state index contributed by atoms with van der Waals surface area (Å²) in [5.41, 5.74) is 2.31. The van der Waals surface area contributed by atoms with E-state index in [2.05, 4.69) is 57.3 Å². The molecular weight excluding hydrogens is 263 g/mol. The van der Waals surface area contributed by atoms with Gasteiger partial charge in [-0.25, -0.2) is 4.98 Å². The first-order valence-corrected chi connectivity index (χ1v) is 4.99. The van der Waals surface area contributed by atoms with E-state index in [9.17, 15) is 0 Å². The summed E-state index contributed by atoms with van der Waals surface area (Å²) in [6.45, 7) is 3.11. The molecule has 0 unspecified atom stereocenters. The van der Waals surface area contributed by atoms with Crippen LogP contribution >= 0.6 is 22.6 Å². The second-order valence-corrected chi connectivity index (χ2v) is 3.91. The van der Waals surface area contributed by atoms with E-state index in [1.54, 1.807) is 0 Å². The molecular formula is C9H9IN2. The fourth-order valence-corrected chi connectivity index (χ4v) is 1.76. The van der Waals surface area contributed by atoms with E-state index in [1.165, 1.54) is 9.09 Å².